The van der Waals surface area contributed by atoms with Crippen LogP contribution in [0.25, 0.3) is 0 Å². The quantitative estimate of drug-likeness (QED) is 0.848. The first-order valence-electron chi connectivity index (χ1n) is 8.73. The fraction of sp³-hybridized carbons (Fsp3) is 0.421. The van der Waals surface area contributed by atoms with Gasteiger partial charge in [0.1, 0.15) is 4.21 Å². The Kier molecular flexibility index (Phi) is 5.50. The average molecular weight is 393 g/mol. The fourth-order valence-corrected chi connectivity index (χ4v) is 5.56. The number of nitrogens with one attached hydrogen (secondary N) is 1. The highest BCUT2D eigenvalue weighted by Gasteiger charge is 2.34. The van der Waals surface area contributed by atoms with Crippen LogP contribution in [0.3, 0.4) is 0 Å². The minimum atomic E-state index is -3.66. The summed E-state index contributed by atoms with van der Waals surface area (Å²) in [7, 11) is -3.66. The number of nitrogens with zero attached hydrogens (tertiary/aromatic N) is 1. The molecule has 1 aromatic carbocycles. The van der Waals surface area contributed by atoms with E-state index in [1.807, 2.05) is 4.90 Å². The van der Waals surface area contributed by atoms with Crippen molar-refractivity contribution in [3.8, 4) is 0 Å². The van der Waals surface area contributed by atoms with Gasteiger partial charge in [0.25, 0.3) is 10.0 Å². The zero-order valence-electron chi connectivity index (χ0n) is 15.2. The third-order valence-corrected chi connectivity index (χ3v) is 7.85. The van der Waals surface area contributed by atoms with Crippen molar-refractivity contribution < 1.29 is 13.2 Å². The van der Waals surface area contributed by atoms with Crippen LogP contribution in [0.5, 0.6) is 0 Å². The predicted molar refractivity (Wildman–Crippen MR) is 104 cm³/mol. The first-order chi connectivity index (χ1) is 12.3. The van der Waals surface area contributed by atoms with Gasteiger partial charge in [-0.2, -0.15) is 4.72 Å². The molecule has 5 nitrogen and oxygen atoms in total. The second kappa shape index (κ2) is 7.50. The Morgan fingerprint density at radius 2 is 2.04 bits per heavy atom. The van der Waals surface area contributed by atoms with Gasteiger partial charge in [0.05, 0.1) is 12.1 Å². The molecule has 2 aromatic rings. The molecule has 0 radical (unpaired) electrons. The van der Waals surface area contributed by atoms with Gasteiger partial charge in [-0.15, -0.1) is 11.3 Å². The van der Waals surface area contributed by atoms with E-state index in [0.29, 0.717) is 6.54 Å². The average Bonchev–Trinajstić information content (AvgIpc) is 3.28. The van der Waals surface area contributed by atoms with Crippen molar-refractivity contribution in [2.24, 2.45) is 0 Å². The number of amides is 1. The smallest absolute Gasteiger partial charge is 0.250 e. The van der Waals surface area contributed by atoms with E-state index in [0.717, 1.165) is 29.7 Å². The number of aryl methyl sites for hydroxylation is 2. The molecular weight excluding hydrogens is 368 g/mol. The maximum absolute atomic E-state index is 12.9. The molecule has 1 N–H and O–H groups in total. The molecule has 0 saturated carbocycles. The highest BCUT2D eigenvalue weighted by Crippen LogP contribution is 2.33. The highest BCUT2D eigenvalue weighted by atomic mass is 32.2. The van der Waals surface area contributed by atoms with Crippen molar-refractivity contribution in [3.63, 3.8) is 0 Å². The number of hydrogen-bond acceptors (Lipinski definition) is 4. The van der Waals surface area contributed by atoms with E-state index in [9.17, 15) is 13.2 Å². The zero-order chi connectivity index (χ0) is 18.9. The Morgan fingerprint density at radius 1 is 1.27 bits per heavy atom. The molecule has 0 spiro atoms. The molecule has 0 aliphatic carbocycles. The summed E-state index contributed by atoms with van der Waals surface area (Å²) in [4.78, 5) is 14.7. The van der Waals surface area contributed by atoms with Crippen LogP contribution >= 0.6 is 11.3 Å². The predicted octanol–water partition coefficient (Wildman–Crippen LogP) is 3.40. The van der Waals surface area contributed by atoms with Gasteiger partial charge in [0.2, 0.25) is 5.91 Å². The van der Waals surface area contributed by atoms with Crippen LogP contribution in [0.15, 0.2) is 39.9 Å². The van der Waals surface area contributed by atoms with Crippen molar-refractivity contribution in [3.05, 3.63) is 52.4 Å². The van der Waals surface area contributed by atoms with Crippen LogP contribution in [-0.2, 0) is 14.8 Å². The molecule has 0 bridgehead atoms. The second-order valence-electron chi connectivity index (χ2n) is 6.81. The maximum atomic E-state index is 12.9. The Bertz CT molecular complexity index is 892. The number of sulfonamides is 1. The molecule has 0 unspecified atom stereocenters. The molecule has 7 heteroatoms. The molecule has 140 valence electrons. The Labute approximate surface area is 159 Å². The summed E-state index contributed by atoms with van der Waals surface area (Å²) < 4.78 is 27.5. The van der Waals surface area contributed by atoms with Crippen molar-refractivity contribution in [2.45, 2.75) is 49.9 Å². The van der Waals surface area contributed by atoms with E-state index in [1.165, 1.54) is 17.2 Å². The molecule has 1 aliphatic heterocycles. The van der Waals surface area contributed by atoms with Gasteiger partial charge in [-0.1, -0.05) is 24.3 Å². The lowest BCUT2D eigenvalue weighted by Crippen LogP contribution is -2.46. The van der Waals surface area contributed by atoms with Crippen molar-refractivity contribution in [2.75, 3.05) is 6.54 Å². The topological polar surface area (TPSA) is 66.5 Å². The lowest BCUT2D eigenvalue weighted by molar-refractivity contribution is -0.133. The number of benzene rings is 1. The third kappa shape index (κ3) is 3.84. The van der Waals surface area contributed by atoms with Crippen LogP contribution < -0.4 is 4.72 Å². The molecule has 1 fully saturated rings. The van der Waals surface area contributed by atoms with Crippen molar-refractivity contribution in [1.82, 2.24) is 9.62 Å². The molecule has 1 aliphatic rings. The number of likely N-dealkylation sites (tertiary alicyclic amines) is 1. The van der Waals surface area contributed by atoms with Gasteiger partial charge in [0, 0.05) is 6.54 Å². The number of carbonyl (C=O) groups excluding carboxylic acids is 1. The molecule has 3 rings (SSSR count). The van der Waals surface area contributed by atoms with Crippen molar-refractivity contribution >= 4 is 27.3 Å². The van der Waals surface area contributed by atoms with Crippen molar-refractivity contribution in [1.29, 1.82) is 0 Å². The third-order valence-electron chi connectivity index (χ3n) is 4.91. The van der Waals surface area contributed by atoms with Gasteiger partial charge < -0.3 is 4.90 Å². The number of thiophene rings is 1. The number of carbonyl (C=O) groups is 1. The Morgan fingerprint density at radius 3 is 2.69 bits per heavy atom. The molecule has 1 aromatic heterocycles. The van der Waals surface area contributed by atoms with Crippen LogP contribution in [0.2, 0.25) is 0 Å². The monoisotopic (exact) mass is 392 g/mol. The molecule has 26 heavy (non-hydrogen) atoms. The van der Waals surface area contributed by atoms with Gasteiger partial charge in [-0.3, -0.25) is 4.79 Å². The summed E-state index contributed by atoms with van der Waals surface area (Å²) in [6, 6.07) is 8.71. The molecule has 1 amide bonds. The SMILES string of the molecule is Cc1ccc([C@H]2CCCN2C(=O)[C@@H](C)NS(=O)(=O)c2cccs2)cc1C. The molecule has 1 saturated heterocycles. The molecular formula is C19H24N2O3S2. The van der Waals surface area contributed by atoms with Crippen LogP contribution in [0, 0.1) is 13.8 Å². The summed E-state index contributed by atoms with van der Waals surface area (Å²) >= 11 is 1.14. The molecule has 2 heterocycles. The standard InChI is InChI=1S/C19H24N2O3S2/c1-13-8-9-16(12-14(13)2)17-6-4-10-21(17)19(22)15(3)20-26(23,24)18-7-5-11-25-18/h5,7-9,11-12,15,17,20H,4,6,10H2,1-3H3/t15-,17-/m1/s1. The lowest BCUT2D eigenvalue weighted by Gasteiger charge is -2.28. The van der Waals surface area contributed by atoms with E-state index < -0.39 is 16.1 Å². The minimum absolute atomic E-state index is 0.00971. The highest BCUT2D eigenvalue weighted by molar-refractivity contribution is 7.91. The zero-order valence-corrected chi connectivity index (χ0v) is 16.9. The summed E-state index contributed by atoms with van der Waals surface area (Å²) in [6.07, 6.45) is 1.83. The minimum Gasteiger partial charge on any atom is -0.334 e. The summed E-state index contributed by atoms with van der Waals surface area (Å²) in [5.41, 5.74) is 3.54. The van der Waals surface area contributed by atoms with E-state index in [4.69, 9.17) is 0 Å². The summed E-state index contributed by atoms with van der Waals surface area (Å²) in [6.45, 7) is 6.40. The lowest BCUT2D eigenvalue weighted by atomic mass is 9.99. The number of hydrogen-bond donors (Lipinski definition) is 1. The Balaban J connectivity index is 1.76. The first kappa shape index (κ1) is 19.1. The molecule has 2 atom stereocenters. The van der Waals surface area contributed by atoms with E-state index in [2.05, 4.69) is 36.8 Å². The van der Waals surface area contributed by atoms with Gasteiger partial charge in [-0.05, 0) is 61.7 Å². The van der Waals surface area contributed by atoms with E-state index >= 15 is 0 Å². The van der Waals surface area contributed by atoms with Crippen LogP contribution in [0.4, 0.5) is 0 Å². The fourth-order valence-electron chi connectivity index (χ4n) is 3.36. The normalized spacial score (nSPS) is 18.9. The summed E-state index contributed by atoms with van der Waals surface area (Å²) in [5.74, 6) is -0.175. The Hall–Kier alpha value is -1.70. The van der Waals surface area contributed by atoms with Crippen LogP contribution in [0.1, 0.15) is 42.5 Å². The number of rotatable bonds is 5. The second-order valence-corrected chi connectivity index (χ2v) is 9.70. The summed E-state index contributed by atoms with van der Waals surface area (Å²) in [5, 5.41) is 1.71. The largest absolute Gasteiger partial charge is 0.334 e. The maximum Gasteiger partial charge on any atom is 0.250 e. The van der Waals surface area contributed by atoms with Gasteiger partial charge >= 0.3 is 0 Å². The van der Waals surface area contributed by atoms with Gasteiger partial charge in [0.15, 0.2) is 0 Å². The van der Waals surface area contributed by atoms with E-state index in [1.54, 1.807) is 18.4 Å². The first-order valence-corrected chi connectivity index (χ1v) is 11.1. The van der Waals surface area contributed by atoms with E-state index in [-0.39, 0.29) is 16.2 Å². The van der Waals surface area contributed by atoms with Gasteiger partial charge in [-0.25, -0.2) is 8.42 Å². The van der Waals surface area contributed by atoms with Crippen LogP contribution in [-0.4, -0.2) is 31.8 Å².